The molecule has 0 aromatic carbocycles. The second-order valence-corrected chi connectivity index (χ2v) is 26.1. The molecule has 0 heterocycles. The smallest absolute Gasteiger partial charge is 0.220 e. The van der Waals surface area contributed by atoms with Gasteiger partial charge in [-0.05, 0) is 57.8 Å². The summed E-state index contributed by atoms with van der Waals surface area (Å²) in [6.45, 7) is 4.35. The minimum Gasteiger partial charge on any atom is -0.394 e. The van der Waals surface area contributed by atoms with Crippen LogP contribution in [-0.4, -0.2) is 34.9 Å². The molecule has 4 nitrogen and oxygen atoms in total. The first-order valence-corrected chi connectivity index (χ1v) is 37.9. The third-order valence-electron chi connectivity index (χ3n) is 17.8. The van der Waals surface area contributed by atoms with Gasteiger partial charge in [-0.15, -0.1) is 0 Å². The van der Waals surface area contributed by atoms with Crippen molar-refractivity contribution in [3.63, 3.8) is 0 Å². The summed E-state index contributed by atoms with van der Waals surface area (Å²) in [5.74, 6) is -0.0554. The molecule has 0 saturated carbocycles. The van der Waals surface area contributed by atoms with E-state index in [1.165, 1.54) is 366 Å². The summed E-state index contributed by atoms with van der Waals surface area (Å²) in [5.41, 5.74) is 0. The number of rotatable bonds is 71. The molecule has 82 heavy (non-hydrogen) atoms. The van der Waals surface area contributed by atoms with Gasteiger partial charge in [0.2, 0.25) is 5.91 Å². The molecular formula is C78H149NO3. The third-order valence-corrected chi connectivity index (χ3v) is 17.8. The molecule has 0 aromatic rings. The van der Waals surface area contributed by atoms with Gasteiger partial charge in [0.1, 0.15) is 0 Å². The van der Waals surface area contributed by atoms with Crippen LogP contribution in [0, 0.1) is 0 Å². The number of aliphatic hydroxyl groups excluding tert-OH is 2. The summed E-state index contributed by atoms with van der Waals surface area (Å²) in [7, 11) is 0. The Hall–Kier alpha value is -1.65. The van der Waals surface area contributed by atoms with E-state index in [0.717, 1.165) is 38.5 Å². The predicted molar refractivity (Wildman–Crippen MR) is 368 cm³/mol. The molecule has 0 aliphatic heterocycles. The number of nitrogens with one attached hydrogen (secondary N) is 1. The van der Waals surface area contributed by atoms with Gasteiger partial charge in [0, 0.05) is 6.42 Å². The van der Waals surface area contributed by atoms with Crippen molar-refractivity contribution in [3.05, 3.63) is 48.6 Å². The largest absolute Gasteiger partial charge is 0.394 e. The van der Waals surface area contributed by atoms with Gasteiger partial charge >= 0.3 is 0 Å². The highest BCUT2D eigenvalue weighted by Gasteiger charge is 2.18. The number of carbonyl (C=O) groups is 1. The van der Waals surface area contributed by atoms with E-state index in [-0.39, 0.29) is 12.5 Å². The Morgan fingerprint density at radius 3 is 0.744 bits per heavy atom. The first-order chi connectivity index (χ1) is 40.7. The second-order valence-electron chi connectivity index (χ2n) is 26.1. The SMILES string of the molecule is CCCCCCC/C=C\C/C=C\C/C=C\CCCCCCCCCCCCCCCCCCCCCCCCC(=O)NC(CO)C(O)/C=C/CCCCCCCCCCCCCCCCCCCCCCCCCCCCCCCCC. The highest BCUT2D eigenvalue weighted by molar-refractivity contribution is 5.76. The molecule has 0 bridgehead atoms. The Morgan fingerprint density at radius 1 is 0.293 bits per heavy atom. The van der Waals surface area contributed by atoms with Crippen LogP contribution in [-0.2, 0) is 4.79 Å². The first-order valence-electron chi connectivity index (χ1n) is 37.9. The monoisotopic (exact) mass is 1150 g/mol. The van der Waals surface area contributed by atoms with Gasteiger partial charge in [0.25, 0.3) is 0 Å². The average molecular weight is 1150 g/mol. The van der Waals surface area contributed by atoms with E-state index in [1.807, 2.05) is 6.08 Å². The third kappa shape index (κ3) is 69.1. The molecule has 2 atom stereocenters. The summed E-state index contributed by atoms with van der Waals surface area (Å²) in [6.07, 6.45) is 104. The standard InChI is InChI=1S/C78H149NO3/c1-3-5-7-9-11-13-15-17-19-21-23-25-27-29-31-33-35-37-38-39-40-42-44-46-48-50-52-54-56-58-60-62-64-66-68-70-72-74-78(82)79-76(75-80)77(81)73-71-69-67-65-63-61-59-57-55-53-51-49-47-45-43-41-36-34-32-30-28-26-24-22-20-18-16-14-12-10-8-6-4-2/h15,17,21,23,27,29,71,73,76-77,80-81H,3-14,16,18-20,22,24-26,28,30-70,72,74-75H2,1-2H3,(H,79,82)/b17-15-,23-21-,29-27-,73-71+. The molecule has 3 N–H and O–H groups in total. The number of carbonyl (C=O) groups excluding carboxylic acids is 1. The molecule has 0 rings (SSSR count). The van der Waals surface area contributed by atoms with Crippen LogP contribution >= 0.6 is 0 Å². The van der Waals surface area contributed by atoms with Crippen LogP contribution in [0.5, 0.6) is 0 Å². The van der Waals surface area contributed by atoms with Crippen LogP contribution in [0.4, 0.5) is 0 Å². The van der Waals surface area contributed by atoms with Gasteiger partial charge in [-0.25, -0.2) is 0 Å². The Kier molecular flexibility index (Phi) is 72.1. The van der Waals surface area contributed by atoms with Crippen LogP contribution in [0.2, 0.25) is 0 Å². The molecule has 4 heteroatoms. The molecule has 1 amide bonds. The van der Waals surface area contributed by atoms with E-state index >= 15 is 0 Å². The number of hydrogen-bond donors (Lipinski definition) is 3. The molecule has 0 aliphatic carbocycles. The topological polar surface area (TPSA) is 69.6 Å². The molecule has 0 saturated heterocycles. The van der Waals surface area contributed by atoms with Crippen molar-refractivity contribution >= 4 is 5.91 Å². The number of hydrogen-bond acceptors (Lipinski definition) is 3. The normalized spacial score (nSPS) is 12.9. The van der Waals surface area contributed by atoms with Crippen LogP contribution in [0.25, 0.3) is 0 Å². The number of unbranched alkanes of at least 4 members (excludes halogenated alkanes) is 58. The van der Waals surface area contributed by atoms with E-state index < -0.39 is 12.1 Å². The summed E-state index contributed by atoms with van der Waals surface area (Å²) < 4.78 is 0. The zero-order valence-electron chi connectivity index (χ0n) is 56.0. The van der Waals surface area contributed by atoms with Crippen molar-refractivity contribution < 1.29 is 15.0 Å². The predicted octanol–water partition coefficient (Wildman–Crippen LogP) is 26.1. The lowest BCUT2D eigenvalue weighted by Gasteiger charge is -2.20. The molecule has 0 aliphatic rings. The average Bonchev–Trinajstić information content (AvgIpc) is 3.50. The fourth-order valence-corrected chi connectivity index (χ4v) is 12.1. The Labute approximate surface area is 515 Å². The summed E-state index contributed by atoms with van der Waals surface area (Å²) >= 11 is 0. The van der Waals surface area contributed by atoms with Crippen molar-refractivity contribution in [3.8, 4) is 0 Å². The number of amides is 1. The molecule has 0 aromatic heterocycles. The van der Waals surface area contributed by atoms with E-state index in [9.17, 15) is 15.0 Å². The lowest BCUT2D eigenvalue weighted by Crippen LogP contribution is -2.45. The number of allylic oxidation sites excluding steroid dienone is 7. The van der Waals surface area contributed by atoms with E-state index in [2.05, 4.69) is 55.6 Å². The Bertz CT molecular complexity index is 1300. The van der Waals surface area contributed by atoms with Gasteiger partial charge in [-0.1, -0.05) is 409 Å². The second kappa shape index (κ2) is 73.6. The quantitative estimate of drug-likeness (QED) is 0.0420. The van der Waals surface area contributed by atoms with Crippen LogP contribution < -0.4 is 5.32 Å². The van der Waals surface area contributed by atoms with Crippen molar-refractivity contribution in [1.82, 2.24) is 5.32 Å². The summed E-state index contributed by atoms with van der Waals surface area (Å²) in [4.78, 5) is 12.6. The molecule has 2 unspecified atom stereocenters. The lowest BCUT2D eigenvalue weighted by atomic mass is 10.0. The summed E-state index contributed by atoms with van der Waals surface area (Å²) in [5, 5.41) is 23.3. The summed E-state index contributed by atoms with van der Waals surface area (Å²) in [6, 6.07) is -0.624. The minimum atomic E-state index is -0.841. The van der Waals surface area contributed by atoms with Crippen LogP contribution in [0.15, 0.2) is 48.6 Å². The van der Waals surface area contributed by atoms with Crippen molar-refractivity contribution in [2.45, 2.75) is 437 Å². The Balaban J connectivity index is 3.41. The fraction of sp³-hybridized carbons (Fsp3) is 0.885. The van der Waals surface area contributed by atoms with E-state index in [0.29, 0.717) is 6.42 Å². The van der Waals surface area contributed by atoms with Crippen molar-refractivity contribution in [1.29, 1.82) is 0 Å². The zero-order chi connectivity index (χ0) is 59.1. The van der Waals surface area contributed by atoms with Gasteiger partial charge in [0.05, 0.1) is 18.8 Å². The van der Waals surface area contributed by atoms with E-state index in [4.69, 9.17) is 0 Å². The molecule has 0 radical (unpaired) electrons. The fourth-order valence-electron chi connectivity index (χ4n) is 12.1. The van der Waals surface area contributed by atoms with E-state index in [1.54, 1.807) is 6.08 Å². The molecule has 0 spiro atoms. The van der Waals surface area contributed by atoms with Gasteiger partial charge in [-0.3, -0.25) is 4.79 Å². The molecule has 0 fully saturated rings. The lowest BCUT2D eigenvalue weighted by molar-refractivity contribution is -0.123. The maximum absolute atomic E-state index is 12.6. The van der Waals surface area contributed by atoms with Crippen LogP contribution in [0.1, 0.15) is 425 Å². The maximum Gasteiger partial charge on any atom is 0.220 e. The first kappa shape index (κ1) is 80.3. The van der Waals surface area contributed by atoms with Crippen LogP contribution in [0.3, 0.4) is 0 Å². The van der Waals surface area contributed by atoms with Crippen molar-refractivity contribution in [2.24, 2.45) is 0 Å². The molecule has 484 valence electrons. The Morgan fingerprint density at radius 2 is 0.500 bits per heavy atom. The van der Waals surface area contributed by atoms with Gasteiger partial charge in [0.15, 0.2) is 0 Å². The van der Waals surface area contributed by atoms with Gasteiger partial charge in [-0.2, -0.15) is 0 Å². The van der Waals surface area contributed by atoms with Crippen molar-refractivity contribution in [2.75, 3.05) is 6.61 Å². The molecular weight excluding hydrogens is 999 g/mol. The zero-order valence-corrected chi connectivity index (χ0v) is 56.0. The minimum absolute atomic E-state index is 0.0554. The number of aliphatic hydroxyl groups is 2. The van der Waals surface area contributed by atoms with Gasteiger partial charge < -0.3 is 15.5 Å². The maximum atomic E-state index is 12.6. The highest BCUT2D eigenvalue weighted by Crippen LogP contribution is 2.20. The highest BCUT2D eigenvalue weighted by atomic mass is 16.3.